The maximum absolute atomic E-state index is 2.67. The van der Waals surface area contributed by atoms with Crippen LogP contribution in [0.4, 0.5) is 0 Å². The molecule has 0 bridgehead atoms. The van der Waals surface area contributed by atoms with E-state index in [0.717, 1.165) is 12.0 Å². The third-order valence-electron chi connectivity index (χ3n) is 4.08. The minimum atomic E-state index is 0.701. The van der Waals surface area contributed by atoms with Gasteiger partial charge in [-0.2, -0.15) is 0 Å². The van der Waals surface area contributed by atoms with E-state index in [1.165, 1.54) is 45.4 Å². The summed E-state index contributed by atoms with van der Waals surface area (Å²) in [5.74, 6) is 0.843. The van der Waals surface area contributed by atoms with Crippen molar-refractivity contribution in [3.05, 3.63) is 0 Å². The first-order valence-corrected chi connectivity index (χ1v) is 8.52. The molecular formula is C17H38N2. The van der Waals surface area contributed by atoms with E-state index in [9.17, 15) is 0 Å². The Morgan fingerprint density at radius 1 is 1.05 bits per heavy atom. The Labute approximate surface area is 122 Å². The standard InChI is InChI=1S/C15H32N2.C2H6/c1-6-17(14(4)5)15-8-11-16(12-9-15)10-7-13(2)3;1-2/h13-15H,6-12H2,1-5H3;1-2H3. The van der Waals surface area contributed by atoms with Crippen LogP contribution in [0.3, 0.4) is 0 Å². The monoisotopic (exact) mass is 270 g/mol. The fraction of sp³-hybridized carbons (Fsp3) is 1.00. The topological polar surface area (TPSA) is 6.48 Å². The normalized spacial score (nSPS) is 18.0. The maximum Gasteiger partial charge on any atom is 0.0122 e. The average Bonchev–Trinajstić information content (AvgIpc) is 2.40. The fourth-order valence-corrected chi connectivity index (χ4v) is 2.96. The van der Waals surface area contributed by atoms with Gasteiger partial charge in [-0.1, -0.05) is 34.6 Å². The summed E-state index contributed by atoms with van der Waals surface area (Å²) < 4.78 is 0. The van der Waals surface area contributed by atoms with Crippen LogP contribution in [0, 0.1) is 5.92 Å². The summed E-state index contributed by atoms with van der Waals surface area (Å²) in [5, 5.41) is 0. The van der Waals surface area contributed by atoms with E-state index in [0.29, 0.717) is 6.04 Å². The number of hydrogen-bond donors (Lipinski definition) is 0. The lowest BCUT2D eigenvalue weighted by atomic mass is 10.0. The first-order chi connectivity index (χ1) is 9.04. The van der Waals surface area contributed by atoms with Crippen LogP contribution < -0.4 is 0 Å². The molecule has 116 valence electrons. The molecule has 0 aromatic rings. The van der Waals surface area contributed by atoms with Crippen LogP contribution in [0.2, 0.25) is 0 Å². The van der Waals surface area contributed by atoms with Crippen LogP contribution in [0.15, 0.2) is 0 Å². The highest BCUT2D eigenvalue weighted by Crippen LogP contribution is 2.19. The summed E-state index contributed by atoms with van der Waals surface area (Å²) >= 11 is 0. The molecule has 2 heteroatoms. The molecule has 0 amide bonds. The van der Waals surface area contributed by atoms with Gasteiger partial charge in [0.05, 0.1) is 0 Å². The van der Waals surface area contributed by atoms with E-state index in [1.807, 2.05) is 13.8 Å². The van der Waals surface area contributed by atoms with Crippen molar-refractivity contribution in [2.45, 2.75) is 79.8 Å². The third-order valence-corrected chi connectivity index (χ3v) is 4.08. The van der Waals surface area contributed by atoms with Crippen LogP contribution in [0.25, 0.3) is 0 Å². The van der Waals surface area contributed by atoms with Crippen molar-refractivity contribution < 1.29 is 0 Å². The lowest BCUT2D eigenvalue weighted by molar-refractivity contribution is 0.0875. The van der Waals surface area contributed by atoms with E-state index in [-0.39, 0.29) is 0 Å². The molecule has 19 heavy (non-hydrogen) atoms. The van der Waals surface area contributed by atoms with Gasteiger partial charge in [-0.25, -0.2) is 0 Å². The smallest absolute Gasteiger partial charge is 0.0122 e. The van der Waals surface area contributed by atoms with Crippen LogP contribution in [0.1, 0.15) is 67.7 Å². The van der Waals surface area contributed by atoms with Gasteiger partial charge in [-0.3, -0.25) is 4.90 Å². The SMILES string of the molecule is CC.CCN(C(C)C)C1CCN(CCC(C)C)CC1. The van der Waals surface area contributed by atoms with Gasteiger partial charge in [0.1, 0.15) is 0 Å². The molecule has 1 rings (SSSR count). The minimum Gasteiger partial charge on any atom is -0.303 e. The molecule has 1 aliphatic rings. The van der Waals surface area contributed by atoms with E-state index < -0.39 is 0 Å². The second kappa shape index (κ2) is 10.7. The lowest BCUT2D eigenvalue weighted by Gasteiger charge is -2.40. The van der Waals surface area contributed by atoms with Gasteiger partial charge in [0.25, 0.3) is 0 Å². The first-order valence-electron chi connectivity index (χ1n) is 8.52. The molecule has 0 atom stereocenters. The second-order valence-corrected chi connectivity index (χ2v) is 6.18. The lowest BCUT2D eigenvalue weighted by Crippen LogP contribution is -2.47. The van der Waals surface area contributed by atoms with Gasteiger partial charge < -0.3 is 4.90 Å². The van der Waals surface area contributed by atoms with E-state index >= 15 is 0 Å². The molecule has 0 aromatic heterocycles. The van der Waals surface area contributed by atoms with E-state index in [1.54, 1.807) is 0 Å². The van der Waals surface area contributed by atoms with Crippen LogP contribution >= 0.6 is 0 Å². The zero-order valence-electron chi connectivity index (χ0n) is 14.6. The van der Waals surface area contributed by atoms with Crippen LogP contribution in [0.5, 0.6) is 0 Å². The molecule has 0 spiro atoms. The van der Waals surface area contributed by atoms with Gasteiger partial charge in [-0.05, 0) is 65.2 Å². The largest absolute Gasteiger partial charge is 0.303 e. The number of nitrogens with zero attached hydrogens (tertiary/aromatic N) is 2. The predicted octanol–water partition coefficient (Wildman–Crippen LogP) is 4.25. The number of hydrogen-bond acceptors (Lipinski definition) is 2. The van der Waals surface area contributed by atoms with E-state index in [2.05, 4.69) is 44.4 Å². The average molecular weight is 271 g/mol. The van der Waals surface area contributed by atoms with Gasteiger partial charge in [-0.15, -0.1) is 0 Å². The number of piperidine rings is 1. The molecule has 0 aliphatic carbocycles. The van der Waals surface area contributed by atoms with Gasteiger partial charge >= 0.3 is 0 Å². The molecule has 0 aromatic carbocycles. The molecular weight excluding hydrogens is 232 g/mol. The summed E-state index contributed by atoms with van der Waals surface area (Å²) in [4.78, 5) is 5.32. The zero-order valence-corrected chi connectivity index (χ0v) is 14.6. The fourth-order valence-electron chi connectivity index (χ4n) is 2.96. The van der Waals surface area contributed by atoms with Gasteiger partial charge in [0.15, 0.2) is 0 Å². The minimum absolute atomic E-state index is 0.701. The van der Waals surface area contributed by atoms with Crippen molar-refractivity contribution in [2.75, 3.05) is 26.2 Å². The van der Waals surface area contributed by atoms with Crippen molar-refractivity contribution in [1.29, 1.82) is 0 Å². The molecule has 0 radical (unpaired) electrons. The first kappa shape index (κ1) is 18.9. The van der Waals surface area contributed by atoms with Crippen molar-refractivity contribution in [3.63, 3.8) is 0 Å². The molecule has 0 N–H and O–H groups in total. The van der Waals surface area contributed by atoms with Crippen molar-refractivity contribution >= 4 is 0 Å². The Kier molecular flexibility index (Phi) is 10.6. The molecule has 1 heterocycles. The molecule has 1 aliphatic heterocycles. The van der Waals surface area contributed by atoms with Crippen molar-refractivity contribution in [3.8, 4) is 0 Å². The zero-order chi connectivity index (χ0) is 14.8. The highest BCUT2D eigenvalue weighted by molar-refractivity contribution is 4.81. The Morgan fingerprint density at radius 2 is 1.58 bits per heavy atom. The molecule has 0 unspecified atom stereocenters. The summed E-state index contributed by atoms with van der Waals surface area (Å²) in [7, 11) is 0. The van der Waals surface area contributed by atoms with Crippen LogP contribution in [-0.2, 0) is 0 Å². The predicted molar refractivity (Wildman–Crippen MR) is 87.8 cm³/mol. The number of rotatable bonds is 6. The van der Waals surface area contributed by atoms with Crippen molar-refractivity contribution in [2.24, 2.45) is 5.92 Å². The quantitative estimate of drug-likeness (QED) is 0.712. The third kappa shape index (κ3) is 7.31. The molecule has 1 fully saturated rings. The summed E-state index contributed by atoms with van der Waals surface area (Å²) in [6.07, 6.45) is 4.08. The van der Waals surface area contributed by atoms with Crippen molar-refractivity contribution in [1.82, 2.24) is 9.80 Å². The summed E-state index contributed by atoms with van der Waals surface area (Å²) in [6, 6.07) is 1.53. The Morgan fingerprint density at radius 3 is 1.95 bits per heavy atom. The van der Waals surface area contributed by atoms with Gasteiger partial charge in [0, 0.05) is 12.1 Å². The molecule has 2 nitrogen and oxygen atoms in total. The summed E-state index contributed by atoms with van der Waals surface area (Å²) in [6.45, 7) is 20.7. The summed E-state index contributed by atoms with van der Waals surface area (Å²) in [5.41, 5.74) is 0. The molecule has 1 saturated heterocycles. The molecule has 0 saturated carbocycles. The Hall–Kier alpha value is -0.0800. The maximum atomic E-state index is 2.67. The second-order valence-electron chi connectivity index (χ2n) is 6.18. The highest BCUT2D eigenvalue weighted by Gasteiger charge is 2.24. The van der Waals surface area contributed by atoms with Crippen LogP contribution in [-0.4, -0.2) is 48.1 Å². The van der Waals surface area contributed by atoms with E-state index in [4.69, 9.17) is 0 Å². The van der Waals surface area contributed by atoms with Gasteiger partial charge in [0.2, 0.25) is 0 Å². The number of likely N-dealkylation sites (tertiary alicyclic amines) is 1. The highest BCUT2D eigenvalue weighted by atomic mass is 15.2. The Bertz CT molecular complexity index is 193. The Balaban J connectivity index is 0.00000154.